The predicted octanol–water partition coefficient (Wildman–Crippen LogP) is 2.47. The van der Waals surface area contributed by atoms with Gasteiger partial charge in [-0.05, 0) is 42.8 Å². The van der Waals surface area contributed by atoms with Crippen molar-refractivity contribution in [2.45, 2.75) is 49.4 Å². The van der Waals surface area contributed by atoms with Crippen LogP contribution in [-0.2, 0) is 27.8 Å². The van der Waals surface area contributed by atoms with Gasteiger partial charge in [-0.3, -0.25) is 14.5 Å². The van der Waals surface area contributed by atoms with E-state index in [1.54, 1.807) is 17.5 Å². The highest BCUT2D eigenvalue weighted by Gasteiger charge is 2.39. The number of nitrogens with zero attached hydrogens (tertiary/aromatic N) is 2. The molecule has 2 aliphatic heterocycles. The Hall–Kier alpha value is -1.79. The second-order valence-corrected chi connectivity index (χ2v) is 11.9. The minimum absolute atomic E-state index is 0.233. The number of sulfonamides is 1. The maximum Gasteiger partial charge on any atom is 0.253 e. The van der Waals surface area contributed by atoms with Gasteiger partial charge in [0.1, 0.15) is 15.3 Å². The van der Waals surface area contributed by atoms with E-state index in [9.17, 15) is 18.0 Å². The van der Waals surface area contributed by atoms with Crippen LogP contribution in [0.25, 0.3) is 0 Å². The number of thiophene rings is 2. The topological polar surface area (TPSA) is 113 Å². The molecule has 4 rings (SSSR count). The maximum absolute atomic E-state index is 13.2. The smallest absolute Gasteiger partial charge is 0.253 e. The molecule has 0 aliphatic carbocycles. The lowest BCUT2D eigenvalue weighted by Gasteiger charge is -2.33. The number of likely N-dealkylation sites (N-methyl/N-ethyl adjacent to an activating group) is 1. The van der Waals surface area contributed by atoms with Crippen molar-refractivity contribution in [1.82, 2.24) is 9.21 Å². The molecule has 2 aromatic heterocycles. The van der Waals surface area contributed by atoms with Crippen LogP contribution >= 0.6 is 22.7 Å². The Morgan fingerprint density at radius 3 is 2.77 bits per heavy atom. The third kappa shape index (κ3) is 4.29. The summed E-state index contributed by atoms with van der Waals surface area (Å²) < 4.78 is 27.7. The molecule has 1 fully saturated rings. The third-order valence-corrected chi connectivity index (χ3v) is 10.3. The summed E-state index contributed by atoms with van der Waals surface area (Å²) in [6.45, 7) is 4.84. The average molecular weight is 483 g/mol. The number of nitrogens with one attached hydrogen (secondary N) is 1. The molecule has 0 aromatic carbocycles. The molecule has 0 radical (unpaired) electrons. The van der Waals surface area contributed by atoms with Crippen molar-refractivity contribution in [3.63, 3.8) is 0 Å². The largest absolute Gasteiger partial charge is 0.365 e. The lowest BCUT2D eigenvalue weighted by atomic mass is 10.0. The van der Waals surface area contributed by atoms with Gasteiger partial charge >= 0.3 is 0 Å². The van der Waals surface area contributed by atoms with Gasteiger partial charge < -0.3 is 11.1 Å². The van der Waals surface area contributed by atoms with E-state index in [4.69, 9.17) is 5.73 Å². The summed E-state index contributed by atoms with van der Waals surface area (Å²) in [5, 5.41) is 5.00. The average Bonchev–Trinajstić information content (AvgIpc) is 3.41. The predicted molar refractivity (Wildman–Crippen MR) is 122 cm³/mol. The van der Waals surface area contributed by atoms with Gasteiger partial charge in [0.25, 0.3) is 15.9 Å². The van der Waals surface area contributed by atoms with Gasteiger partial charge in [0, 0.05) is 24.5 Å². The summed E-state index contributed by atoms with van der Waals surface area (Å²) in [5.41, 5.74) is 6.94. The molecule has 1 atom stereocenters. The molecular formula is C20H26N4O4S3. The van der Waals surface area contributed by atoms with Crippen molar-refractivity contribution in [2.75, 3.05) is 25.0 Å². The van der Waals surface area contributed by atoms with Crippen LogP contribution in [0.1, 0.15) is 47.0 Å². The normalized spacial score (nSPS) is 20.4. The van der Waals surface area contributed by atoms with E-state index < -0.39 is 27.9 Å². The highest BCUT2D eigenvalue weighted by Crippen LogP contribution is 2.37. The van der Waals surface area contributed by atoms with Crippen LogP contribution in [0.2, 0.25) is 0 Å². The summed E-state index contributed by atoms with van der Waals surface area (Å²) >= 11 is 2.51. The Bertz CT molecular complexity index is 1080. The number of fused-ring (bicyclic) bond motifs is 1. The Balaban J connectivity index is 1.61. The molecule has 2 aromatic rings. The molecule has 2 amide bonds. The summed E-state index contributed by atoms with van der Waals surface area (Å²) in [6.07, 6.45) is 2.62. The number of primary amides is 1. The minimum Gasteiger partial charge on any atom is -0.365 e. The van der Waals surface area contributed by atoms with E-state index >= 15 is 0 Å². The molecule has 8 nitrogen and oxygen atoms in total. The van der Waals surface area contributed by atoms with Gasteiger partial charge in [0.15, 0.2) is 0 Å². The minimum atomic E-state index is -3.75. The van der Waals surface area contributed by atoms with Gasteiger partial charge in [-0.2, -0.15) is 4.31 Å². The number of piperidine rings is 1. The van der Waals surface area contributed by atoms with Gasteiger partial charge in [-0.25, -0.2) is 8.42 Å². The quantitative estimate of drug-likeness (QED) is 0.657. The standard InChI is InChI=1S/C20H26N4O4S3/c1-2-23-10-8-13-15(12-23)30-20(17(13)18(21)25)22-19(26)14-6-3-4-9-24(14)31(27,28)16-7-5-11-29-16/h5,7,11,14H,2-4,6,8-10,12H2,1H3,(H2,21,25)(H,22,26). The lowest BCUT2D eigenvalue weighted by molar-refractivity contribution is -0.120. The number of hydrogen-bond acceptors (Lipinski definition) is 7. The lowest BCUT2D eigenvalue weighted by Crippen LogP contribution is -2.49. The molecule has 31 heavy (non-hydrogen) atoms. The Morgan fingerprint density at radius 2 is 2.10 bits per heavy atom. The van der Waals surface area contributed by atoms with Crippen molar-refractivity contribution in [1.29, 1.82) is 0 Å². The van der Waals surface area contributed by atoms with Crippen molar-refractivity contribution < 1.29 is 18.0 Å². The van der Waals surface area contributed by atoms with Crippen LogP contribution < -0.4 is 11.1 Å². The summed E-state index contributed by atoms with van der Waals surface area (Å²) in [7, 11) is -3.75. The molecule has 0 spiro atoms. The number of carbonyl (C=O) groups excluding carboxylic acids is 2. The first-order chi connectivity index (χ1) is 14.8. The first-order valence-electron chi connectivity index (χ1n) is 10.4. The molecular weight excluding hydrogens is 456 g/mol. The summed E-state index contributed by atoms with van der Waals surface area (Å²) in [4.78, 5) is 28.7. The Labute approximate surface area is 190 Å². The fourth-order valence-corrected chi connectivity index (χ4v) is 8.33. The highest BCUT2D eigenvalue weighted by atomic mass is 32.2. The second-order valence-electron chi connectivity index (χ2n) is 7.74. The SMILES string of the molecule is CCN1CCc2c(sc(NC(=O)C3CCCCN3S(=O)(=O)c3cccs3)c2C(N)=O)C1. The monoisotopic (exact) mass is 482 g/mol. The van der Waals surface area contributed by atoms with Crippen LogP contribution in [0.5, 0.6) is 0 Å². The van der Waals surface area contributed by atoms with E-state index in [1.165, 1.54) is 15.6 Å². The van der Waals surface area contributed by atoms with E-state index in [-0.39, 0.29) is 4.21 Å². The highest BCUT2D eigenvalue weighted by molar-refractivity contribution is 7.91. The summed E-state index contributed by atoms with van der Waals surface area (Å²) in [6, 6.07) is 2.43. The van der Waals surface area contributed by atoms with Crippen LogP contribution in [-0.4, -0.2) is 55.1 Å². The number of amides is 2. The number of carbonyl (C=O) groups is 2. The molecule has 2 aliphatic rings. The number of anilines is 1. The van der Waals surface area contributed by atoms with Crippen LogP contribution in [0.15, 0.2) is 21.7 Å². The first kappa shape index (κ1) is 22.4. The van der Waals surface area contributed by atoms with E-state index in [2.05, 4.69) is 17.1 Å². The molecule has 0 bridgehead atoms. The Morgan fingerprint density at radius 1 is 1.29 bits per heavy atom. The fraction of sp³-hybridized carbons (Fsp3) is 0.500. The van der Waals surface area contributed by atoms with E-state index in [0.717, 1.165) is 47.8 Å². The van der Waals surface area contributed by atoms with E-state index in [1.807, 2.05) is 0 Å². The number of rotatable bonds is 6. The molecule has 3 N–H and O–H groups in total. The second kappa shape index (κ2) is 8.99. The number of nitrogens with two attached hydrogens (primary N) is 1. The molecule has 4 heterocycles. The molecule has 1 unspecified atom stereocenters. The fourth-order valence-electron chi connectivity index (χ4n) is 4.25. The van der Waals surface area contributed by atoms with Crippen LogP contribution in [0, 0.1) is 0 Å². The number of hydrogen-bond donors (Lipinski definition) is 2. The van der Waals surface area contributed by atoms with Gasteiger partial charge in [0.2, 0.25) is 5.91 Å². The molecule has 168 valence electrons. The first-order valence-corrected chi connectivity index (χ1v) is 13.5. The van der Waals surface area contributed by atoms with Gasteiger partial charge in [-0.1, -0.05) is 19.4 Å². The van der Waals surface area contributed by atoms with Crippen molar-refractivity contribution in [2.24, 2.45) is 5.73 Å². The third-order valence-electron chi connectivity index (χ3n) is 5.88. The maximum atomic E-state index is 13.2. The molecule has 11 heteroatoms. The van der Waals surface area contributed by atoms with Crippen LogP contribution in [0.3, 0.4) is 0 Å². The molecule has 1 saturated heterocycles. The van der Waals surface area contributed by atoms with Gasteiger partial charge in [0.05, 0.1) is 5.56 Å². The van der Waals surface area contributed by atoms with Crippen molar-refractivity contribution in [3.05, 3.63) is 33.5 Å². The van der Waals surface area contributed by atoms with E-state index in [0.29, 0.717) is 36.4 Å². The van der Waals surface area contributed by atoms with Crippen molar-refractivity contribution in [3.8, 4) is 0 Å². The van der Waals surface area contributed by atoms with Gasteiger partial charge in [-0.15, -0.1) is 22.7 Å². The molecule has 0 saturated carbocycles. The zero-order valence-corrected chi connectivity index (χ0v) is 19.7. The summed E-state index contributed by atoms with van der Waals surface area (Å²) in [5.74, 6) is -0.974. The Kier molecular flexibility index (Phi) is 6.50. The van der Waals surface area contributed by atoms with Crippen LogP contribution in [0.4, 0.5) is 5.00 Å². The van der Waals surface area contributed by atoms with Crippen molar-refractivity contribution >= 4 is 49.5 Å². The zero-order chi connectivity index (χ0) is 22.2. The zero-order valence-electron chi connectivity index (χ0n) is 17.3.